The van der Waals surface area contributed by atoms with E-state index in [-0.39, 0.29) is 5.82 Å². The third-order valence-corrected chi connectivity index (χ3v) is 5.19. The van der Waals surface area contributed by atoms with Gasteiger partial charge in [0.05, 0.1) is 14.2 Å². The Hall–Kier alpha value is -3.92. The number of hydrogen-bond donors (Lipinski definition) is 1. The maximum atomic E-state index is 12.3. The number of aryl methyl sites for hydroxylation is 1. The van der Waals surface area contributed by atoms with Crippen LogP contribution < -0.4 is 14.8 Å². The van der Waals surface area contributed by atoms with Gasteiger partial charge in [-0.05, 0) is 56.7 Å². The molecule has 0 radical (unpaired) electrons. The molecule has 0 saturated carbocycles. The molecule has 1 fully saturated rings. The summed E-state index contributed by atoms with van der Waals surface area (Å²) in [6, 6.07) is 8.44. The van der Waals surface area contributed by atoms with Crippen LogP contribution in [0, 0.1) is 6.92 Å². The molecule has 1 aromatic carbocycles. The van der Waals surface area contributed by atoms with Crippen molar-refractivity contribution in [3.8, 4) is 28.8 Å². The maximum Gasteiger partial charge on any atom is 0.338 e. The smallest absolute Gasteiger partial charge is 0.338 e. The molecule has 1 N–H and O–H groups in total. The third kappa shape index (κ3) is 4.65. The highest BCUT2D eigenvalue weighted by molar-refractivity contribution is 5.96. The number of carbonyl (C=O) groups excluding carboxylic acids is 2. The minimum Gasteiger partial charge on any atom is -0.494 e. The lowest BCUT2D eigenvalue weighted by atomic mass is 10.2. The van der Waals surface area contributed by atoms with E-state index in [1.807, 2.05) is 13.0 Å². The number of methoxy groups -OCH3 is 2. The molecule has 0 aliphatic carbocycles. The number of furan rings is 1. The minimum absolute atomic E-state index is 0.283. The van der Waals surface area contributed by atoms with Gasteiger partial charge in [-0.15, -0.1) is 10.2 Å². The van der Waals surface area contributed by atoms with Crippen molar-refractivity contribution in [2.45, 2.75) is 25.8 Å². The van der Waals surface area contributed by atoms with Crippen LogP contribution in [0.3, 0.4) is 0 Å². The second-order valence-corrected chi connectivity index (χ2v) is 7.36. The van der Waals surface area contributed by atoms with E-state index in [1.165, 1.54) is 20.3 Å². The summed E-state index contributed by atoms with van der Waals surface area (Å²) < 4.78 is 23.4. The summed E-state index contributed by atoms with van der Waals surface area (Å²) in [5.41, 5.74) is 0.524. The Morgan fingerprint density at radius 2 is 1.91 bits per heavy atom. The Kier molecular flexibility index (Phi) is 6.55. The fourth-order valence-electron chi connectivity index (χ4n) is 3.62. The summed E-state index contributed by atoms with van der Waals surface area (Å²) in [6.45, 7) is 2.55. The van der Waals surface area contributed by atoms with Crippen molar-refractivity contribution in [1.82, 2.24) is 20.1 Å². The summed E-state index contributed by atoms with van der Waals surface area (Å²) in [6.07, 6.45) is 4.05. The fourth-order valence-corrected chi connectivity index (χ4v) is 3.62. The Morgan fingerprint density at radius 1 is 1.15 bits per heavy atom. The van der Waals surface area contributed by atoms with Crippen molar-refractivity contribution >= 4 is 18.0 Å². The second-order valence-electron chi connectivity index (χ2n) is 7.36. The van der Waals surface area contributed by atoms with Gasteiger partial charge in [0.15, 0.2) is 11.6 Å². The molecule has 33 heavy (non-hydrogen) atoms. The maximum absolute atomic E-state index is 12.3. The summed E-state index contributed by atoms with van der Waals surface area (Å²) in [4.78, 5) is 24.4. The fraction of sp³-hybridized carbons (Fsp3) is 0.304. The highest BCUT2D eigenvalue weighted by Gasteiger charge is 2.26. The van der Waals surface area contributed by atoms with Gasteiger partial charge in [0.25, 0.3) is 0 Å². The van der Waals surface area contributed by atoms with E-state index in [9.17, 15) is 9.59 Å². The second kappa shape index (κ2) is 9.70. The number of para-hydroxylation sites is 1. The molecule has 172 valence electrons. The Labute approximate surface area is 190 Å². The molecule has 1 aliphatic rings. The molecule has 4 rings (SSSR count). The number of ether oxygens (including phenoxy) is 3. The zero-order valence-electron chi connectivity index (χ0n) is 18.5. The first-order valence-corrected chi connectivity index (χ1v) is 10.4. The van der Waals surface area contributed by atoms with Gasteiger partial charge in [0.2, 0.25) is 5.82 Å². The van der Waals surface area contributed by atoms with Crippen LogP contribution in [0.1, 0.15) is 24.4 Å². The van der Waals surface area contributed by atoms with Gasteiger partial charge >= 0.3 is 11.9 Å². The molecule has 0 spiro atoms. The van der Waals surface area contributed by atoms with Crippen molar-refractivity contribution in [3.05, 3.63) is 48.0 Å². The van der Waals surface area contributed by atoms with Gasteiger partial charge < -0.3 is 23.9 Å². The highest BCUT2D eigenvalue weighted by atomic mass is 16.6. The summed E-state index contributed by atoms with van der Waals surface area (Å²) >= 11 is 0. The van der Waals surface area contributed by atoms with Gasteiger partial charge in [-0.1, -0.05) is 6.07 Å². The topological polar surface area (TPSA) is 118 Å². The van der Waals surface area contributed by atoms with Gasteiger partial charge in [0.1, 0.15) is 29.0 Å². The van der Waals surface area contributed by atoms with Crippen molar-refractivity contribution in [3.63, 3.8) is 0 Å². The first-order valence-electron chi connectivity index (χ1n) is 10.4. The number of hydrogen-bond acceptors (Lipinski definition) is 9. The predicted octanol–water partition coefficient (Wildman–Crippen LogP) is 2.69. The lowest BCUT2D eigenvalue weighted by Crippen LogP contribution is -2.33. The normalized spacial score (nSPS) is 15.7. The molecule has 1 atom stereocenters. The van der Waals surface area contributed by atoms with Crippen LogP contribution in [-0.4, -0.2) is 53.5 Å². The molecule has 3 heterocycles. The van der Waals surface area contributed by atoms with Crippen LogP contribution in [0.5, 0.6) is 11.5 Å². The van der Waals surface area contributed by atoms with Crippen molar-refractivity contribution in [2.24, 2.45) is 0 Å². The van der Waals surface area contributed by atoms with E-state index < -0.39 is 18.0 Å². The van der Waals surface area contributed by atoms with Crippen LogP contribution in [0.25, 0.3) is 23.3 Å². The lowest BCUT2D eigenvalue weighted by molar-refractivity contribution is -0.157. The molecular formula is C23H24N4O6. The Balaban J connectivity index is 1.72. The first-order chi connectivity index (χ1) is 16.0. The summed E-state index contributed by atoms with van der Waals surface area (Å²) in [5.74, 6) is 1.43. The van der Waals surface area contributed by atoms with Gasteiger partial charge in [-0.3, -0.25) is 4.57 Å². The number of nitrogens with one attached hydrogen (secondary N) is 1. The molecule has 3 aromatic rings. The highest BCUT2D eigenvalue weighted by Crippen LogP contribution is 2.36. The van der Waals surface area contributed by atoms with E-state index in [1.54, 1.807) is 28.8 Å². The van der Waals surface area contributed by atoms with E-state index >= 15 is 0 Å². The number of nitrogens with zero attached hydrogens (tertiary/aromatic N) is 3. The van der Waals surface area contributed by atoms with Crippen molar-refractivity contribution in [1.29, 1.82) is 0 Å². The van der Waals surface area contributed by atoms with Gasteiger partial charge in [-0.25, -0.2) is 9.59 Å². The molecule has 10 nitrogen and oxygen atoms in total. The van der Waals surface area contributed by atoms with Gasteiger partial charge in [-0.2, -0.15) is 0 Å². The Morgan fingerprint density at radius 3 is 2.52 bits per heavy atom. The SMILES string of the molecule is COc1cccc(OC)c1-n1c(/C=C/C(=O)OC(=O)[C@@H]2CCCN2)nnc1-c1ccc(C)o1. The lowest BCUT2D eigenvalue weighted by Gasteiger charge is -2.15. The van der Waals surface area contributed by atoms with Crippen LogP contribution in [0.4, 0.5) is 0 Å². The monoisotopic (exact) mass is 452 g/mol. The zero-order chi connectivity index (χ0) is 23.4. The third-order valence-electron chi connectivity index (χ3n) is 5.19. The summed E-state index contributed by atoms with van der Waals surface area (Å²) in [7, 11) is 3.07. The number of benzene rings is 1. The quantitative estimate of drug-likeness (QED) is 0.328. The van der Waals surface area contributed by atoms with Gasteiger partial charge in [0, 0.05) is 6.08 Å². The van der Waals surface area contributed by atoms with E-state index in [0.29, 0.717) is 41.0 Å². The molecule has 0 unspecified atom stereocenters. The van der Waals surface area contributed by atoms with Crippen LogP contribution in [0.2, 0.25) is 0 Å². The predicted molar refractivity (Wildman–Crippen MR) is 118 cm³/mol. The number of carbonyl (C=O) groups is 2. The molecular weight excluding hydrogens is 428 g/mol. The molecule has 1 aliphatic heterocycles. The molecule has 2 aromatic heterocycles. The van der Waals surface area contributed by atoms with E-state index in [4.69, 9.17) is 18.6 Å². The van der Waals surface area contributed by atoms with Crippen LogP contribution >= 0.6 is 0 Å². The number of aromatic nitrogens is 3. The average Bonchev–Trinajstić information content (AvgIpc) is 3.57. The summed E-state index contributed by atoms with van der Waals surface area (Å²) in [5, 5.41) is 11.5. The van der Waals surface area contributed by atoms with Crippen LogP contribution in [0.15, 0.2) is 40.8 Å². The minimum atomic E-state index is -0.800. The first kappa shape index (κ1) is 22.3. The largest absolute Gasteiger partial charge is 0.494 e. The number of esters is 2. The molecule has 0 amide bonds. The van der Waals surface area contributed by atoms with E-state index in [0.717, 1.165) is 19.0 Å². The van der Waals surface area contributed by atoms with Crippen molar-refractivity contribution < 1.29 is 28.2 Å². The van der Waals surface area contributed by atoms with Crippen molar-refractivity contribution in [2.75, 3.05) is 20.8 Å². The number of rotatable bonds is 7. The van der Waals surface area contributed by atoms with E-state index in [2.05, 4.69) is 15.5 Å². The standard InChI is InChI=1S/C23H24N4O6/c1-14-9-10-18(32-14)22-26-25-19(11-12-20(28)33-23(29)15-6-5-13-24-15)27(22)21-16(30-2)7-4-8-17(21)31-3/h4,7-12,15,24H,5-6,13H2,1-3H3/b12-11+/t15-/m0/s1. The molecule has 0 bridgehead atoms. The molecule has 1 saturated heterocycles. The van der Waals surface area contributed by atoms with Crippen LogP contribution in [-0.2, 0) is 14.3 Å². The molecule has 10 heteroatoms. The zero-order valence-corrected chi connectivity index (χ0v) is 18.5. The Bertz CT molecular complexity index is 1170. The average molecular weight is 452 g/mol.